The summed E-state index contributed by atoms with van der Waals surface area (Å²) in [5, 5.41) is 2.97. The fourth-order valence-corrected chi connectivity index (χ4v) is 2.42. The highest BCUT2D eigenvalue weighted by Gasteiger charge is 2.19. The number of carbonyl (C=O) groups is 2. The molecule has 0 saturated heterocycles. The number of likely N-dealkylation sites (N-methyl/N-ethyl adjacent to an activating group) is 1. The van der Waals surface area contributed by atoms with Crippen LogP contribution in [0.2, 0.25) is 0 Å². The predicted molar refractivity (Wildman–Crippen MR) is 97.7 cm³/mol. The van der Waals surface area contributed by atoms with E-state index in [2.05, 4.69) is 5.32 Å². The van der Waals surface area contributed by atoms with Gasteiger partial charge >= 0.3 is 0 Å². The van der Waals surface area contributed by atoms with Crippen LogP contribution in [0.15, 0.2) is 41.0 Å². The summed E-state index contributed by atoms with van der Waals surface area (Å²) < 4.78 is 10.9. The maximum Gasteiger partial charge on any atom is 0.259 e. The third-order valence-electron chi connectivity index (χ3n) is 3.98. The van der Waals surface area contributed by atoms with E-state index in [0.29, 0.717) is 23.5 Å². The van der Waals surface area contributed by atoms with E-state index in [1.807, 2.05) is 25.1 Å². The Labute approximate surface area is 153 Å². The number of nitrogens with zero attached hydrogens (tertiary/aromatic N) is 1. The number of para-hydroxylation sites is 1. The van der Waals surface area contributed by atoms with Crippen molar-refractivity contribution in [3.8, 4) is 5.75 Å². The number of hydrogen-bond acceptors (Lipinski definition) is 5. The van der Waals surface area contributed by atoms with E-state index < -0.39 is 0 Å². The molecular weight excluding hydrogens is 334 g/mol. The van der Waals surface area contributed by atoms with Gasteiger partial charge in [0.15, 0.2) is 6.61 Å². The second-order valence-corrected chi connectivity index (χ2v) is 6.05. The van der Waals surface area contributed by atoms with Crippen LogP contribution >= 0.6 is 0 Å². The fourth-order valence-electron chi connectivity index (χ4n) is 2.42. The largest absolute Gasteiger partial charge is 0.483 e. The summed E-state index contributed by atoms with van der Waals surface area (Å²) in [6, 6.07) is 8.73. The minimum atomic E-state index is -0.260. The first-order chi connectivity index (χ1) is 12.5. The van der Waals surface area contributed by atoms with Crippen molar-refractivity contribution in [3.63, 3.8) is 0 Å². The first-order valence-corrected chi connectivity index (χ1v) is 8.46. The van der Waals surface area contributed by atoms with Crippen LogP contribution in [-0.2, 0) is 11.3 Å². The third-order valence-corrected chi connectivity index (χ3v) is 3.98. The molecular formula is C19H25N3O4. The molecule has 2 rings (SSSR count). The molecule has 7 nitrogen and oxygen atoms in total. The van der Waals surface area contributed by atoms with Crippen LogP contribution in [0.1, 0.15) is 41.1 Å². The Morgan fingerprint density at radius 3 is 2.65 bits per heavy atom. The number of nitrogens with one attached hydrogen (secondary N) is 1. The van der Waals surface area contributed by atoms with Crippen molar-refractivity contribution < 1.29 is 18.7 Å². The van der Waals surface area contributed by atoms with Gasteiger partial charge < -0.3 is 25.1 Å². The Morgan fingerprint density at radius 2 is 2.04 bits per heavy atom. The Bertz CT molecular complexity index is 755. The Balaban J connectivity index is 2.13. The molecule has 0 bridgehead atoms. The average molecular weight is 359 g/mol. The monoisotopic (exact) mass is 359 g/mol. The summed E-state index contributed by atoms with van der Waals surface area (Å²) in [5.41, 5.74) is 6.75. The van der Waals surface area contributed by atoms with Gasteiger partial charge in [0.05, 0.1) is 18.2 Å². The second kappa shape index (κ2) is 9.05. The van der Waals surface area contributed by atoms with Crippen LogP contribution in [0, 0.1) is 0 Å². The molecule has 140 valence electrons. The Hall–Kier alpha value is -2.80. The number of amides is 2. The molecule has 0 aliphatic heterocycles. The molecule has 1 unspecified atom stereocenters. The molecule has 1 aromatic heterocycles. The molecule has 3 N–H and O–H groups in total. The van der Waals surface area contributed by atoms with Crippen molar-refractivity contribution in [2.24, 2.45) is 5.73 Å². The molecule has 1 atom stereocenters. The molecule has 0 radical (unpaired) electrons. The average Bonchev–Trinajstić information content (AvgIpc) is 3.13. The van der Waals surface area contributed by atoms with Gasteiger partial charge in [0.1, 0.15) is 17.8 Å². The minimum Gasteiger partial charge on any atom is -0.483 e. The zero-order chi connectivity index (χ0) is 19.1. The number of hydrogen-bond donors (Lipinski definition) is 2. The van der Waals surface area contributed by atoms with Crippen molar-refractivity contribution in [2.75, 3.05) is 20.7 Å². The molecule has 0 spiro atoms. The maximum absolute atomic E-state index is 12.5. The van der Waals surface area contributed by atoms with Gasteiger partial charge in [-0.1, -0.05) is 25.1 Å². The number of furan rings is 1. The van der Waals surface area contributed by atoms with Crippen molar-refractivity contribution in [1.82, 2.24) is 10.2 Å². The number of rotatable bonds is 8. The van der Waals surface area contributed by atoms with Crippen molar-refractivity contribution in [1.29, 1.82) is 0 Å². The first kappa shape index (κ1) is 19.5. The van der Waals surface area contributed by atoms with Crippen LogP contribution in [0.25, 0.3) is 0 Å². The van der Waals surface area contributed by atoms with Gasteiger partial charge in [0.2, 0.25) is 0 Å². The lowest BCUT2D eigenvalue weighted by Crippen LogP contribution is -2.30. The first-order valence-electron chi connectivity index (χ1n) is 8.46. The lowest BCUT2D eigenvalue weighted by atomic mass is 10.0. The molecule has 1 heterocycles. The highest BCUT2D eigenvalue weighted by molar-refractivity contribution is 5.94. The van der Waals surface area contributed by atoms with Gasteiger partial charge in [-0.25, -0.2) is 0 Å². The molecule has 26 heavy (non-hydrogen) atoms. The zero-order valence-corrected chi connectivity index (χ0v) is 15.3. The van der Waals surface area contributed by atoms with Gasteiger partial charge in [0, 0.05) is 19.7 Å². The Kier molecular flexibility index (Phi) is 6.80. The van der Waals surface area contributed by atoms with Crippen molar-refractivity contribution >= 4 is 11.8 Å². The number of carbonyl (C=O) groups excluding carboxylic acids is 2. The molecule has 0 aliphatic rings. The van der Waals surface area contributed by atoms with E-state index in [9.17, 15) is 9.59 Å². The second-order valence-electron chi connectivity index (χ2n) is 6.05. The summed E-state index contributed by atoms with van der Waals surface area (Å²) in [7, 11) is 3.35. The maximum atomic E-state index is 12.5. The summed E-state index contributed by atoms with van der Waals surface area (Å²) in [6.07, 6.45) is 2.05. The molecule has 0 aliphatic carbocycles. The quantitative estimate of drug-likeness (QED) is 0.752. The highest BCUT2D eigenvalue weighted by Crippen LogP contribution is 2.27. The molecule has 2 aromatic rings. The van der Waals surface area contributed by atoms with Gasteiger partial charge in [0.25, 0.3) is 11.8 Å². The molecule has 0 fully saturated rings. The molecule has 7 heteroatoms. The van der Waals surface area contributed by atoms with E-state index in [-0.39, 0.29) is 31.0 Å². The van der Waals surface area contributed by atoms with Crippen molar-refractivity contribution in [3.05, 3.63) is 53.5 Å². The third kappa shape index (κ3) is 4.86. The standard InChI is InChI=1S/C19H25N3O4/c1-4-16(21-19(24)13-9-14(10-20)25-11-13)15-7-5-6-8-17(15)26-12-18(23)22(2)3/h5-9,11,16H,4,10,12,20H2,1-3H3,(H,21,24). The lowest BCUT2D eigenvalue weighted by Gasteiger charge is -2.21. The van der Waals surface area contributed by atoms with Crippen LogP contribution in [0.5, 0.6) is 5.75 Å². The van der Waals surface area contributed by atoms with Crippen LogP contribution in [0.3, 0.4) is 0 Å². The van der Waals surface area contributed by atoms with Gasteiger partial charge in [-0.05, 0) is 18.6 Å². The summed E-state index contributed by atoms with van der Waals surface area (Å²) >= 11 is 0. The van der Waals surface area contributed by atoms with E-state index in [4.69, 9.17) is 14.9 Å². The minimum absolute atomic E-state index is 0.0595. The van der Waals surface area contributed by atoms with Gasteiger partial charge in [-0.2, -0.15) is 0 Å². The smallest absolute Gasteiger partial charge is 0.259 e. The number of benzene rings is 1. The summed E-state index contributed by atoms with van der Waals surface area (Å²) in [4.78, 5) is 25.7. The normalized spacial score (nSPS) is 11.7. The summed E-state index contributed by atoms with van der Waals surface area (Å²) in [5.74, 6) is 0.739. The molecule has 0 saturated carbocycles. The fraction of sp³-hybridized carbons (Fsp3) is 0.368. The van der Waals surface area contributed by atoms with E-state index >= 15 is 0 Å². The Morgan fingerprint density at radius 1 is 1.31 bits per heavy atom. The van der Waals surface area contributed by atoms with Crippen LogP contribution in [-0.4, -0.2) is 37.4 Å². The number of ether oxygens (including phenoxy) is 1. The zero-order valence-electron chi connectivity index (χ0n) is 15.3. The SMILES string of the molecule is CCC(NC(=O)c1coc(CN)c1)c1ccccc1OCC(=O)N(C)C. The van der Waals surface area contributed by atoms with E-state index in [1.165, 1.54) is 11.2 Å². The van der Waals surface area contributed by atoms with Crippen LogP contribution in [0.4, 0.5) is 0 Å². The van der Waals surface area contributed by atoms with Gasteiger partial charge in [-0.3, -0.25) is 9.59 Å². The van der Waals surface area contributed by atoms with Crippen LogP contribution < -0.4 is 15.8 Å². The van der Waals surface area contributed by atoms with Gasteiger partial charge in [-0.15, -0.1) is 0 Å². The predicted octanol–water partition coefficient (Wildman–Crippen LogP) is 2.09. The molecule has 2 amide bonds. The van der Waals surface area contributed by atoms with E-state index in [0.717, 1.165) is 5.56 Å². The van der Waals surface area contributed by atoms with E-state index in [1.54, 1.807) is 26.2 Å². The summed E-state index contributed by atoms with van der Waals surface area (Å²) in [6.45, 7) is 2.14. The topological polar surface area (TPSA) is 97.8 Å². The highest BCUT2D eigenvalue weighted by atomic mass is 16.5. The lowest BCUT2D eigenvalue weighted by molar-refractivity contribution is -0.130. The number of nitrogens with two attached hydrogens (primary N) is 1. The molecule has 1 aromatic carbocycles. The van der Waals surface area contributed by atoms with Crippen molar-refractivity contribution in [2.45, 2.75) is 25.9 Å².